The van der Waals surface area contributed by atoms with Crippen molar-refractivity contribution in [2.24, 2.45) is 0 Å². The number of anilines is 1. The summed E-state index contributed by atoms with van der Waals surface area (Å²) in [5, 5.41) is 0. The van der Waals surface area contributed by atoms with Gasteiger partial charge in [0, 0.05) is 19.4 Å². The molecule has 0 spiro atoms. The predicted molar refractivity (Wildman–Crippen MR) is 69.6 cm³/mol. The van der Waals surface area contributed by atoms with Gasteiger partial charge in [-0.2, -0.15) is 0 Å². The second kappa shape index (κ2) is 5.96. The van der Waals surface area contributed by atoms with Gasteiger partial charge in [0.25, 0.3) is 0 Å². The molecule has 0 atom stereocenters. The van der Waals surface area contributed by atoms with Crippen LogP contribution in [-0.4, -0.2) is 35.0 Å². The lowest BCUT2D eigenvalue weighted by Gasteiger charge is -2.23. The zero-order valence-corrected chi connectivity index (χ0v) is 11.3. The second-order valence-electron chi connectivity index (χ2n) is 4.70. The molecule has 0 fully saturated rings. The van der Waals surface area contributed by atoms with Crippen LogP contribution in [0.25, 0.3) is 0 Å². The van der Waals surface area contributed by atoms with Crippen molar-refractivity contribution >= 4 is 18.3 Å². The predicted octanol–water partition coefficient (Wildman–Crippen LogP) is 1.40. The molecule has 1 aromatic heterocycles. The van der Waals surface area contributed by atoms with Gasteiger partial charge in [-0.05, 0) is 26.7 Å². The molecule has 0 bridgehead atoms. The number of nitrogens with zero attached hydrogens (tertiary/aromatic N) is 3. The zero-order chi connectivity index (χ0) is 14.5. The van der Waals surface area contributed by atoms with Crippen LogP contribution in [0.15, 0.2) is 12.4 Å². The van der Waals surface area contributed by atoms with Crippen LogP contribution in [0, 0.1) is 11.8 Å². The molecule has 1 rings (SSSR count). The first-order valence-electron chi connectivity index (χ1n) is 5.57. The molecular weight excluding hydrogens is 246 g/mol. The largest absolute Gasteiger partial charge is 0.443 e. The van der Waals surface area contributed by atoms with E-state index >= 15 is 0 Å². The Balaban J connectivity index is 2.80. The van der Waals surface area contributed by atoms with Crippen molar-refractivity contribution in [3.8, 4) is 11.8 Å². The summed E-state index contributed by atoms with van der Waals surface area (Å²) in [5.41, 5.74) is -0.0887. The first-order chi connectivity index (χ1) is 8.83. The van der Waals surface area contributed by atoms with Crippen molar-refractivity contribution < 1.29 is 14.3 Å². The van der Waals surface area contributed by atoms with Crippen LogP contribution in [0.1, 0.15) is 26.3 Å². The molecule has 0 saturated carbocycles. The molecular formula is C13H15N3O3. The Morgan fingerprint density at radius 3 is 2.42 bits per heavy atom. The van der Waals surface area contributed by atoms with E-state index in [0.717, 1.165) is 0 Å². The second-order valence-corrected chi connectivity index (χ2v) is 4.70. The van der Waals surface area contributed by atoms with Crippen molar-refractivity contribution in [1.82, 2.24) is 9.97 Å². The number of carbonyl (C=O) groups is 2. The smallest absolute Gasteiger partial charge is 0.416 e. The third-order valence-electron chi connectivity index (χ3n) is 1.88. The van der Waals surface area contributed by atoms with E-state index in [9.17, 15) is 9.59 Å². The Morgan fingerprint density at radius 1 is 1.37 bits per heavy atom. The van der Waals surface area contributed by atoms with Crippen LogP contribution in [-0.2, 0) is 9.53 Å². The number of aldehydes is 1. The fraction of sp³-hybridized carbons (Fsp3) is 0.385. The van der Waals surface area contributed by atoms with Gasteiger partial charge in [-0.15, -0.1) is 0 Å². The third kappa shape index (κ3) is 4.76. The van der Waals surface area contributed by atoms with E-state index in [4.69, 9.17) is 4.74 Å². The maximum Gasteiger partial charge on any atom is 0.416 e. The van der Waals surface area contributed by atoms with Gasteiger partial charge in [0.1, 0.15) is 5.60 Å². The lowest BCUT2D eigenvalue weighted by atomic mass is 10.2. The van der Waals surface area contributed by atoms with Gasteiger partial charge in [0.2, 0.25) is 5.95 Å². The van der Waals surface area contributed by atoms with Crippen LogP contribution in [0.3, 0.4) is 0 Å². The molecule has 0 aliphatic carbocycles. The summed E-state index contributed by atoms with van der Waals surface area (Å²) in [7, 11) is 1.51. The summed E-state index contributed by atoms with van der Waals surface area (Å²) in [5.74, 6) is 5.00. The van der Waals surface area contributed by atoms with Gasteiger partial charge in [0.15, 0.2) is 6.29 Å². The molecule has 1 heterocycles. The highest BCUT2D eigenvalue weighted by Gasteiger charge is 2.21. The molecule has 0 radical (unpaired) electrons. The summed E-state index contributed by atoms with van der Waals surface area (Å²) in [6.45, 7) is 5.33. The zero-order valence-electron chi connectivity index (χ0n) is 11.3. The molecule has 0 aliphatic heterocycles. The Bertz CT molecular complexity index is 521. The van der Waals surface area contributed by atoms with E-state index in [1.165, 1.54) is 24.3 Å². The average molecular weight is 261 g/mol. The number of amides is 1. The Hall–Kier alpha value is -2.42. The molecule has 6 nitrogen and oxygen atoms in total. The molecule has 0 aliphatic rings. The van der Waals surface area contributed by atoms with E-state index in [1.807, 2.05) is 0 Å². The number of carbonyl (C=O) groups excluding carboxylic acids is 2. The van der Waals surface area contributed by atoms with Crippen molar-refractivity contribution in [2.45, 2.75) is 26.4 Å². The topological polar surface area (TPSA) is 72.4 Å². The maximum atomic E-state index is 11.8. The quantitative estimate of drug-likeness (QED) is 0.564. The summed E-state index contributed by atoms with van der Waals surface area (Å²) in [6, 6.07) is 0. The Morgan fingerprint density at radius 2 is 1.95 bits per heavy atom. The van der Waals surface area contributed by atoms with Crippen molar-refractivity contribution in [2.75, 3.05) is 11.9 Å². The number of aromatic nitrogens is 2. The van der Waals surface area contributed by atoms with E-state index in [1.54, 1.807) is 20.8 Å². The highest BCUT2D eigenvalue weighted by molar-refractivity contribution is 5.84. The Labute approximate surface area is 111 Å². The monoisotopic (exact) mass is 261 g/mol. The van der Waals surface area contributed by atoms with Gasteiger partial charge in [-0.3, -0.25) is 4.79 Å². The minimum atomic E-state index is -0.583. The number of ether oxygens (including phenoxy) is 1. The van der Waals surface area contributed by atoms with Crippen LogP contribution in [0.5, 0.6) is 0 Å². The minimum absolute atomic E-state index is 0.200. The van der Waals surface area contributed by atoms with Crippen LogP contribution in [0.2, 0.25) is 0 Å². The van der Waals surface area contributed by atoms with Gasteiger partial charge in [-0.25, -0.2) is 19.7 Å². The molecule has 0 saturated heterocycles. The maximum absolute atomic E-state index is 11.8. The lowest BCUT2D eigenvalue weighted by Crippen LogP contribution is -2.35. The van der Waals surface area contributed by atoms with Crippen LogP contribution >= 0.6 is 0 Å². The summed E-state index contributed by atoms with van der Waals surface area (Å²) < 4.78 is 5.18. The highest BCUT2D eigenvalue weighted by Crippen LogP contribution is 2.12. The molecule has 6 heteroatoms. The fourth-order valence-electron chi connectivity index (χ4n) is 1.08. The molecule has 1 amide bonds. The van der Waals surface area contributed by atoms with Crippen molar-refractivity contribution in [3.63, 3.8) is 0 Å². The van der Waals surface area contributed by atoms with E-state index in [2.05, 4.69) is 21.8 Å². The molecule has 0 N–H and O–H groups in total. The highest BCUT2D eigenvalue weighted by atomic mass is 16.6. The van der Waals surface area contributed by atoms with Gasteiger partial charge < -0.3 is 4.74 Å². The SMILES string of the molecule is CN(C(=O)OC(C)(C)C)c1ncc(C#CC=O)cn1. The Kier molecular flexibility index (Phi) is 4.59. The van der Waals surface area contributed by atoms with E-state index in [0.29, 0.717) is 11.8 Å². The first-order valence-corrected chi connectivity index (χ1v) is 5.57. The van der Waals surface area contributed by atoms with Crippen molar-refractivity contribution in [3.05, 3.63) is 18.0 Å². The first kappa shape index (κ1) is 14.6. The summed E-state index contributed by atoms with van der Waals surface area (Å²) >= 11 is 0. The molecule has 19 heavy (non-hydrogen) atoms. The molecule has 100 valence electrons. The van der Waals surface area contributed by atoms with Gasteiger partial charge in [-0.1, -0.05) is 5.92 Å². The van der Waals surface area contributed by atoms with Crippen LogP contribution < -0.4 is 4.90 Å². The number of hydrogen-bond donors (Lipinski definition) is 0. The fourth-order valence-corrected chi connectivity index (χ4v) is 1.08. The molecule has 0 aromatic carbocycles. The van der Waals surface area contributed by atoms with E-state index < -0.39 is 11.7 Å². The lowest BCUT2D eigenvalue weighted by molar-refractivity contribution is -0.103. The standard InChI is InChI=1S/C13H15N3O3/c1-13(2,3)19-12(18)16(4)11-14-8-10(9-15-11)6-5-7-17/h7-9H,1-4H3. The molecule has 0 unspecified atom stereocenters. The summed E-state index contributed by atoms with van der Waals surface area (Å²) in [4.78, 5) is 31.0. The summed E-state index contributed by atoms with van der Waals surface area (Å²) in [6.07, 6.45) is 2.80. The molecule has 1 aromatic rings. The normalized spacial score (nSPS) is 10.1. The van der Waals surface area contributed by atoms with E-state index in [-0.39, 0.29) is 5.95 Å². The average Bonchev–Trinajstić information content (AvgIpc) is 2.34. The number of hydrogen-bond acceptors (Lipinski definition) is 5. The van der Waals surface area contributed by atoms with Crippen LogP contribution in [0.4, 0.5) is 10.7 Å². The number of rotatable bonds is 1. The van der Waals surface area contributed by atoms with Gasteiger partial charge >= 0.3 is 6.09 Å². The minimum Gasteiger partial charge on any atom is -0.443 e. The third-order valence-corrected chi connectivity index (χ3v) is 1.88. The van der Waals surface area contributed by atoms with Crippen molar-refractivity contribution in [1.29, 1.82) is 0 Å². The van der Waals surface area contributed by atoms with Gasteiger partial charge in [0.05, 0.1) is 5.56 Å².